The highest BCUT2D eigenvalue weighted by atomic mass is 32.2. The number of carboxylic acid groups (broad SMARTS) is 1. The van der Waals surface area contributed by atoms with Crippen molar-refractivity contribution in [1.82, 2.24) is 0 Å². The van der Waals surface area contributed by atoms with Crippen molar-refractivity contribution in [2.45, 2.75) is 36.0 Å². The van der Waals surface area contributed by atoms with Crippen LogP contribution in [0.2, 0.25) is 0 Å². The fraction of sp³-hybridized carbons (Fsp3) is 0.462. The molecule has 7 heteroatoms. The van der Waals surface area contributed by atoms with Crippen molar-refractivity contribution < 1.29 is 18.3 Å². The summed E-state index contributed by atoms with van der Waals surface area (Å²) in [6, 6.07) is 5.96. The topological polar surface area (TPSA) is 123 Å². The standard InChI is InChI=1S/C13H20N2O4S/c1-10-4-6-11(7-5-10)20(18,19)13(15,12(16)17)8-2-3-9-14/h4-7H,2-3,8-9,14-15H2,1H3,(H,16,17)/t13-/m1/s1. The largest absolute Gasteiger partial charge is 0.479 e. The fourth-order valence-electron chi connectivity index (χ4n) is 1.82. The van der Waals surface area contributed by atoms with Gasteiger partial charge in [0.1, 0.15) is 0 Å². The van der Waals surface area contributed by atoms with Gasteiger partial charge in [-0.25, -0.2) is 13.2 Å². The number of aliphatic carboxylic acids is 1. The van der Waals surface area contributed by atoms with E-state index in [1.165, 1.54) is 12.1 Å². The smallest absolute Gasteiger partial charge is 0.339 e. The molecule has 0 amide bonds. The van der Waals surface area contributed by atoms with Crippen LogP contribution in [-0.2, 0) is 14.6 Å². The van der Waals surface area contributed by atoms with Crippen LogP contribution in [0.25, 0.3) is 0 Å². The van der Waals surface area contributed by atoms with Crippen molar-refractivity contribution in [2.75, 3.05) is 6.54 Å². The second-order valence-corrected chi connectivity index (χ2v) is 6.96. The third-order valence-electron chi connectivity index (χ3n) is 3.18. The van der Waals surface area contributed by atoms with Crippen LogP contribution in [0.15, 0.2) is 29.2 Å². The first kappa shape index (κ1) is 16.6. The Bertz CT molecular complexity index is 569. The minimum absolute atomic E-state index is 0.0826. The van der Waals surface area contributed by atoms with Gasteiger partial charge in [0, 0.05) is 0 Å². The predicted molar refractivity (Wildman–Crippen MR) is 75.8 cm³/mol. The minimum Gasteiger partial charge on any atom is -0.479 e. The lowest BCUT2D eigenvalue weighted by Crippen LogP contribution is -2.54. The second kappa shape index (κ2) is 6.34. The third kappa shape index (κ3) is 3.17. The maximum absolute atomic E-state index is 12.5. The molecule has 1 aromatic carbocycles. The quantitative estimate of drug-likeness (QED) is 0.635. The predicted octanol–water partition coefficient (Wildman–Crippen LogP) is 0.637. The van der Waals surface area contributed by atoms with E-state index >= 15 is 0 Å². The number of sulfone groups is 1. The summed E-state index contributed by atoms with van der Waals surface area (Å²) in [5.74, 6) is -1.55. The molecule has 0 unspecified atom stereocenters. The molecular weight excluding hydrogens is 280 g/mol. The van der Waals surface area contributed by atoms with Gasteiger partial charge in [-0.3, -0.25) is 0 Å². The highest BCUT2D eigenvalue weighted by Gasteiger charge is 2.47. The van der Waals surface area contributed by atoms with Crippen molar-refractivity contribution >= 4 is 15.8 Å². The molecule has 0 spiro atoms. The van der Waals surface area contributed by atoms with E-state index in [1.807, 2.05) is 6.92 Å². The molecule has 0 heterocycles. The van der Waals surface area contributed by atoms with E-state index in [9.17, 15) is 18.3 Å². The average molecular weight is 300 g/mol. The first-order valence-corrected chi connectivity index (χ1v) is 7.77. The SMILES string of the molecule is Cc1ccc(S(=O)(=O)[C@](N)(CCCCN)C(=O)O)cc1. The molecule has 5 N–H and O–H groups in total. The van der Waals surface area contributed by atoms with Gasteiger partial charge in [-0.1, -0.05) is 17.7 Å². The highest BCUT2D eigenvalue weighted by molar-refractivity contribution is 7.93. The van der Waals surface area contributed by atoms with Crippen molar-refractivity contribution in [2.24, 2.45) is 11.5 Å². The van der Waals surface area contributed by atoms with Gasteiger partial charge in [-0.2, -0.15) is 0 Å². The lowest BCUT2D eigenvalue weighted by atomic mass is 10.1. The molecule has 0 bridgehead atoms. The number of unbranched alkanes of at least 4 members (excludes halogenated alkanes) is 1. The molecule has 0 aliphatic heterocycles. The molecular formula is C13H20N2O4S. The van der Waals surface area contributed by atoms with E-state index in [0.29, 0.717) is 19.4 Å². The highest BCUT2D eigenvalue weighted by Crippen LogP contribution is 2.27. The van der Waals surface area contributed by atoms with E-state index < -0.39 is 20.7 Å². The van der Waals surface area contributed by atoms with E-state index in [0.717, 1.165) is 5.56 Å². The monoisotopic (exact) mass is 300 g/mol. The maximum atomic E-state index is 12.5. The molecule has 0 saturated carbocycles. The summed E-state index contributed by atoms with van der Waals surface area (Å²) in [5, 5.41) is 9.25. The summed E-state index contributed by atoms with van der Waals surface area (Å²) in [6.07, 6.45) is 0.690. The van der Waals surface area contributed by atoms with Gasteiger partial charge in [-0.15, -0.1) is 0 Å². The molecule has 1 atom stereocenters. The van der Waals surface area contributed by atoms with Gasteiger partial charge in [0.05, 0.1) is 4.90 Å². The van der Waals surface area contributed by atoms with Crippen molar-refractivity contribution in [1.29, 1.82) is 0 Å². The summed E-state index contributed by atoms with van der Waals surface area (Å²) >= 11 is 0. The van der Waals surface area contributed by atoms with Gasteiger partial charge < -0.3 is 16.6 Å². The Morgan fingerprint density at radius 3 is 2.25 bits per heavy atom. The van der Waals surface area contributed by atoms with Gasteiger partial charge in [0.25, 0.3) is 0 Å². The molecule has 112 valence electrons. The van der Waals surface area contributed by atoms with Crippen LogP contribution in [0, 0.1) is 6.92 Å². The van der Waals surface area contributed by atoms with E-state index in [2.05, 4.69) is 0 Å². The molecule has 0 aromatic heterocycles. The Morgan fingerprint density at radius 1 is 1.25 bits per heavy atom. The summed E-state index contributed by atoms with van der Waals surface area (Å²) in [4.78, 5) is 8.96. The molecule has 0 fully saturated rings. The average Bonchev–Trinajstić information content (AvgIpc) is 2.38. The summed E-state index contributed by atoms with van der Waals surface area (Å²) in [7, 11) is -4.16. The van der Waals surface area contributed by atoms with E-state index in [4.69, 9.17) is 11.5 Å². The van der Waals surface area contributed by atoms with Crippen molar-refractivity contribution in [3.05, 3.63) is 29.8 Å². The Hall–Kier alpha value is -1.44. The lowest BCUT2D eigenvalue weighted by Gasteiger charge is -2.24. The number of rotatable bonds is 7. The van der Waals surface area contributed by atoms with Crippen LogP contribution in [0.3, 0.4) is 0 Å². The number of carboxylic acids is 1. The van der Waals surface area contributed by atoms with Crippen LogP contribution < -0.4 is 11.5 Å². The Balaban J connectivity index is 3.18. The minimum atomic E-state index is -4.16. The Morgan fingerprint density at radius 2 is 1.80 bits per heavy atom. The van der Waals surface area contributed by atoms with Gasteiger partial charge in [-0.05, 0) is 44.9 Å². The first-order valence-electron chi connectivity index (χ1n) is 6.29. The molecule has 0 aliphatic rings. The van der Waals surface area contributed by atoms with Crippen LogP contribution in [0.5, 0.6) is 0 Å². The Kier molecular flexibility index (Phi) is 5.27. The number of hydrogen-bond acceptors (Lipinski definition) is 5. The summed E-state index contributed by atoms with van der Waals surface area (Å²) in [6.45, 7) is 2.17. The molecule has 1 rings (SSSR count). The maximum Gasteiger partial charge on any atom is 0.339 e. The number of benzene rings is 1. The summed E-state index contributed by atoms with van der Waals surface area (Å²) in [5.41, 5.74) is 11.9. The molecule has 20 heavy (non-hydrogen) atoms. The molecule has 0 radical (unpaired) electrons. The van der Waals surface area contributed by atoms with Crippen LogP contribution in [-0.4, -0.2) is 30.9 Å². The number of hydrogen-bond donors (Lipinski definition) is 3. The van der Waals surface area contributed by atoms with Gasteiger partial charge in [0.2, 0.25) is 14.7 Å². The summed E-state index contributed by atoms with van der Waals surface area (Å²) < 4.78 is 24.9. The molecule has 0 aliphatic carbocycles. The number of nitrogens with two attached hydrogens (primary N) is 2. The lowest BCUT2D eigenvalue weighted by molar-refractivity contribution is -0.140. The second-order valence-electron chi connectivity index (χ2n) is 4.76. The normalized spacial score (nSPS) is 14.8. The van der Waals surface area contributed by atoms with E-state index in [-0.39, 0.29) is 11.3 Å². The zero-order chi connectivity index (χ0) is 15.4. The van der Waals surface area contributed by atoms with Crippen LogP contribution in [0.4, 0.5) is 0 Å². The van der Waals surface area contributed by atoms with Gasteiger partial charge >= 0.3 is 5.97 Å². The van der Waals surface area contributed by atoms with Gasteiger partial charge in [0.15, 0.2) is 0 Å². The zero-order valence-corrected chi connectivity index (χ0v) is 12.2. The molecule has 0 saturated heterocycles. The van der Waals surface area contributed by atoms with Crippen molar-refractivity contribution in [3.8, 4) is 0 Å². The fourth-order valence-corrected chi connectivity index (χ4v) is 3.37. The number of aryl methyl sites for hydroxylation is 1. The Labute approximate surface area is 118 Å². The third-order valence-corrected chi connectivity index (χ3v) is 5.41. The zero-order valence-electron chi connectivity index (χ0n) is 11.4. The molecule has 1 aromatic rings. The van der Waals surface area contributed by atoms with E-state index in [1.54, 1.807) is 12.1 Å². The molecule has 6 nitrogen and oxygen atoms in total. The van der Waals surface area contributed by atoms with Crippen LogP contribution >= 0.6 is 0 Å². The first-order chi connectivity index (χ1) is 9.25. The van der Waals surface area contributed by atoms with Crippen molar-refractivity contribution in [3.63, 3.8) is 0 Å². The number of carbonyl (C=O) groups is 1. The van der Waals surface area contributed by atoms with Crippen LogP contribution in [0.1, 0.15) is 24.8 Å².